The normalized spacial score (nSPS) is 14.5. The first-order valence-corrected chi connectivity index (χ1v) is 8.67. The zero-order valence-corrected chi connectivity index (χ0v) is 17.4. The Morgan fingerprint density at radius 2 is 1.26 bits per heavy atom. The monoisotopic (exact) mass is 501 g/mol. The molecule has 0 aliphatic carbocycles. The van der Waals surface area contributed by atoms with Crippen molar-refractivity contribution in [2.75, 3.05) is 0 Å². The van der Waals surface area contributed by atoms with Crippen LogP contribution in [0.25, 0.3) is 0 Å². The van der Waals surface area contributed by atoms with Gasteiger partial charge in [-0.15, -0.1) is 0 Å². The molecular formula is C9H4Cl9N3O2. The lowest BCUT2D eigenvalue weighted by Crippen LogP contribution is -2.28. The van der Waals surface area contributed by atoms with Gasteiger partial charge in [0.25, 0.3) is 0 Å². The van der Waals surface area contributed by atoms with E-state index >= 15 is 0 Å². The van der Waals surface area contributed by atoms with Crippen LogP contribution in [0.4, 0.5) is 0 Å². The molecule has 0 saturated heterocycles. The molecule has 1 heterocycles. The predicted molar refractivity (Wildman–Crippen MR) is 93.1 cm³/mol. The first-order chi connectivity index (χ1) is 10.1. The molecule has 1 atom stereocenters. The smallest absolute Gasteiger partial charge is 0.303 e. The van der Waals surface area contributed by atoms with Crippen LogP contribution in [-0.4, -0.2) is 24.7 Å². The number of hydrogen-bond donors (Lipinski definition) is 0. The zero-order valence-electron chi connectivity index (χ0n) is 10.6. The molecule has 0 spiro atoms. The lowest BCUT2D eigenvalue weighted by molar-refractivity contribution is -0.147. The third-order valence-corrected chi connectivity index (χ3v) is 3.58. The fourth-order valence-electron chi connectivity index (χ4n) is 1.19. The average Bonchev–Trinajstić information content (AvgIpc) is 2.31. The van der Waals surface area contributed by atoms with E-state index in [1.54, 1.807) is 0 Å². The molecule has 1 unspecified atom stereocenters. The lowest BCUT2D eigenvalue weighted by atomic mass is 10.3. The SMILES string of the molecule is CC(=O)OC(c1nc(C(Cl)(Cl)Cl)nc(C(Cl)(Cl)Cl)n1)C(Cl)(Cl)Cl. The minimum absolute atomic E-state index is 0.377. The van der Waals surface area contributed by atoms with E-state index in [1.807, 2.05) is 0 Å². The van der Waals surface area contributed by atoms with Crippen LogP contribution in [0.2, 0.25) is 0 Å². The number of halogens is 9. The van der Waals surface area contributed by atoms with E-state index in [2.05, 4.69) is 15.0 Å². The minimum atomic E-state index is -2.15. The molecule has 0 bridgehead atoms. The van der Waals surface area contributed by atoms with Crippen LogP contribution in [0.1, 0.15) is 30.5 Å². The number of rotatable bonds is 2. The summed E-state index contributed by atoms with van der Waals surface area (Å²) in [6.45, 7) is 1.08. The van der Waals surface area contributed by atoms with Gasteiger partial charge in [0.15, 0.2) is 17.5 Å². The van der Waals surface area contributed by atoms with E-state index in [0.29, 0.717) is 0 Å². The molecule has 1 rings (SSSR count). The minimum Gasteiger partial charge on any atom is -0.450 e. The largest absolute Gasteiger partial charge is 0.450 e. The number of ether oxygens (including phenoxy) is 1. The predicted octanol–water partition coefficient (Wildman–Crippen LogP) is 5.50. The molecule has 0 saturated carbocycles. The Bertz CT molecular complexity index is 561. The van der Waals surface area contributed by atoms with Gasteiger partial charge in [-0.2, -0.15) is 0 Å². The van der Waals surface area contributed by atoms with E-state index in [1.165, 1.54) is 0 Å². The number of hydrogen-bond acceptors (Lipinski definition) is 5. The van der Waals surface area contributed by atoms with Gasteiger partial charge in [-0.25, -0.2) is 15.0 Å². The highest BCUT2D eigenvalue weighted by Gasteiger charge is 2.42. The highest BCUT2D eigenvalue weighted by Crippen LogP contribution is 2.44. The van der Waals surface area contributed by atoms with Crippen LogP contribution in [0.3, 0.4) is 0 Å². The van der Waals surface area contributed by atoms with E-state index in [4.69, 9.17) is 109 Å². The quantitative estimate of drug-likeness (QED) is 0.393. The van der Waals surface area contributed by atoms with Crippen molar-refractivity contribution >= 4 is 110 Å². The highest BCUT2D eigenvalue weighted by atomic mass is 35.6. The molecule has 14 heteroatoms. The summed E-state index contributed by atoms with van der Waals surface area (Å²) in [4.78, 5) is 22.6. The molecule has 23 heavy (non-hydrogen) atoms. The molecule has 1 aromatic heterocycles. The lowest BCUT2D eigenvalue weighted by Gasteiger charge is -2.24. The van der Waals surface area contributed by atoms with Crippen molar-refractivity contribution < 1.29 is 9.53 Å². The Balaban J connectivity index is 3.57. The highest BCUT2D eigenvalue weighted by molar-refractivity contribution is 6.68. The van der Waals surface area contributed by atoms with Crippen molar-refractivity contribution in [2.45, 2.75) is 24.4 Å². The summed E-state index contributed by atoms with van der Waals surface area (Å²) in [6, 6.07) is 0. The van der Waals surface area contributed by atoms with Crippen molar-refractivity contribution in [3.05, 3.63) is 17.5 Å². The van der Waals surface area contributed by atoms with E-state index < -0.39 is 35.1 Å². The molecule has 0 radical (unpaired) electrons. The van der Waals surface area contributed by atoms with Crippen LogP contribution in [0.15, 0.2) is 0 Å². The van der Waals surface area contributed by atoms with E-state index in [0.717, 1.165) is 6.92 Å². The summed E-state index contributed by atoms with van der Waals surface area (Å²) >= 11 is 51.6. The Kier molecular flexibility index (Phi) is 7.47. The first-order valence-electron chi connectivity index (χ1n) is 5.26. The summed E-state index contributed by atoms with van der Waals surface area (Å²) in [7, 11) is 0. The summed E-state index contributed by atoms with van der Waals surface area (Å²) in [5.41, 5.74) is 0. The standard InChI is InChI=1S/C9H4Cl9N3O2/c1-2(22)23-3(7(10,11)12)4-19-5(8(13,14)15)21-6(20-4)9(16,17)18/h3H,1H3. The third kappa shape index (κ3) is 6.72. The molecule has 1 aromatic rings. The first kappa shape index (κ1) is 22.1. The number of carbonyl (C=O) groups excluding carboxylic acids is 1. The second-order valence-corrected chi connectivity index (χ2v) is 10.8. The fourth-order valence-corrected chi connectivity index (χ4v) is 2.13. The zero-order chi connectivity index (χ0) is 18.2. The van der Waals surface area contributed by atoms with Crippen molar-refractivity contribution in [1.82, 2.24) is 15.0 Å². The number of nitrogens with zero attached hydrogens (tertiary/aromatic N) is 3. The molecule has 0 aliphatic rings. The van der Waals surface area contributed by atoms with Gasteiger partial charge in [0.1, 0.15) is 0 Å². The summed E-state index contributed by atoms with van der Waals surface area (Å²) < 4.78 is -1.46. The number of aromatic nitrogens is 3. The van der Waals surface area contributed by atoms with Crippen LogP contribution in [-0.2, 0) is 17.1 Å². The van der Waals surface area contributed by atoms with E-state index in [9.17, 15) is 4.79 Å². The molecule has 0 amide bonds. The molecular weight excluding hydrogens is 501 g/mol. The summed E-state index contributed by atoms with van der Waals surface area (Å²) in [6.07, 6.45) is -1.56. The number of alkyl halides is 9. The Labute approximate surface area is 175 Å². The van der Waals surface area contributed by atoms with Gasteiger partial charge in [0.05, 0.1) is 0 Å². The fraction of sp³-hybridized carbons (Fsp3) is 0.556. The summed E-state index contributed by atoms with van der Waals surface area (Å²) in [5.74, 6) is -1.99. The molecule has 130 valence electrons. The third-order valence-electron chi connectivity index (χ3n) is 1.98. The maximum atomic E-state index is 11.2. The van der Waals surface area contributed by atoms with Gasteiger partial charge < -0.3 is 4.74 Å². The van der Waals surface area contributed by atoms with Crippen molar-refractivity contribution in [2.24, 2.45) is 0 Å². The average molecular weight is 505 g/mol. The van der Waals surface area contributed by atoms with Crippen molar-refractivity contribution in [3.8, 4) is 0 Å². The van der Waals surface area contributed by atoms with Crippen LogP contribution >= 0.6 is 104 Å². The molecule has 0 aromatic carbocycles. The number of carbonyl (C=O) groups is 1. The summed E-state index contributed by atoms with van der Waals surface area (Å²) in [5, 5.41) is 0. The van der Waals surface area contributed by atoms with Gasteiger partial charge in [-0.1, -0.05) is 104 Å². The second-order valence-electron chi connectivity index (χ2n) is 3.87. The van der Waals surface area contributed by atoms with Gasteiger partial charge in [0.2, 0.25) is 17.5 Å². The van der Waals surface area contributed by atoms with E-state index in [-0.39, 0.29) is 5.82 Å². The van der Waals surface area contributed by atoms with Crippen molar-refractivity contribution in [1.29, 1.82) is 0 Å². The molecule has 0 N–H and O–H groups in total. The molecule has 0 aliphatic heterocycles. The van der Waals surface area contributed by atoms with Crippen LogP contribution < -0.4 is 0 Å². The molecule has 5 nitrogen and oxygen atoms in total. The number of esters is 1. The maximum absolute atomic E-state index is 11.2. The van der Waals surface area contributed by atoms with Crippen LogP contribution in [0, 0.1) is 0 Å². The Hall–Kier alpha value is 1.09. The van der Waals surface area contributed by atoms with Gasteiger partial charge in [-0.05, 0) is 0 Å². The Morgan fingerprint density at radius 1 is 0.870 bits per heavy atom. The van der Waals surface area contributed by atoms with Crippen LogP contribution in [0.5, 0.6) is 0 Å². The maximum Gasteiger partial charge on any atom is 0.303 e. The van der Waals surface area contributed by atoms with Crippen molar-refractivity contribution in [3.63, 3.8) is 0 Å². The molecule has 0 fully saturated rings. The van der Waals surface area contributed by atoms with Gasteiger partial charge in [0, 0.05) is 6.92 Å². The second kappa shape index (κ2) is 7.77. The Morgan fingerprint density at radius 3 is 1.52 bits per heavy atom. The van der Waals surface area contributed by atoms with Gasteiger partial charge in [-0.3, -0.25) is 4.79 Å². The topological polar surface area (TPSA) is 65.0 Å². The van der Waals surface area contributed by atoms with Gasteiger partial charge >= 0.3 is 5.97 Å².